The van der Waals surface area contributed by atoms with Gasteiger partial charge in [-0.2, -0.15) is 11.3 Å². The molecule has 0 saturated heterocycles. The molecule has 0 radical (unpaired) electrons. The van der Waals surface area contributed by atoms with E-state index in [-0.39, 0.29) is 0 Å². The molecule has 2 unspecified atom stereocenters. The average molecular weight is 354 g/mol. The monoisotopic (exact) mass is 352 g/mol. The van der Waals surface area contributed by atoms with Gasteiger partial charge in [-0.1, -0.05) is 45.2 Å². The van der Waals surface area contributed by atoms with Crippen molar-refractivity contribution in [2.75, 3.05) is 0 Å². The molecule has 0 amide bonds. The van der Waals surface area contributed by atoms with E-state index in [0.717, 1.165) is 6.42 Å². The van der Waals surface area contributed by atoms with Gasteiger partial charge in [0.25, 0.3) is 0 Å². The predicted octanol–water partition coefficient (Wildman–Crippen LogP) is 5.40. The molecule has 0 aromatic carbocycles. The lowest BCUT2D eigenvalue weighted by Gasteiger charge is -2.12. The van der Waals surface area contributed by atoms with Gasteiger partial charge in [0.2, 0.25) is 0 Å². The molecular weight excluding hydrogens is 336 g/mol. The normalized spacial score (nSPS) is 15.1. The van der Waals surface area contributed by atoms with E-state index >= 15 is 0 Å². The van der Waals surface area contributed by atoms with Gasteiger partial charge in [0, 0.05) is 9.65 Å². The van der Waals surface area contributed by atoms with Crippen LogP contribution in [0.15, 0.2) is 16.8 Å². The molecule has 0 aliphatic heterocycles. The first-order valence-electron chi connectivity index (χ1n) is 5.51. The second-order valence-corrected chi connectivity index (χ2v) is 7.27. The largest absolute Gasteiger partial charge is 0.152 e. The highest BCUT2D eigenvalue weighted by molar-refractivity contribution is 9.09. The maximum atomic E-state index is 3.76. The van der Waals surface area contributed by atoms with E-state index in [9.17, 15) is 0 Å². The lowest BCUT2D eigenvalue weighted by atomic mass is 10.1. The molecule has 0 spiro atoms. The van der Waals surface area contributed by atoms with Gasteiger partial charge in [-0.15, -0.1) is 0 Å². The van der Waals surface area contributed by atoms with Gasteiger partial charge < -0.3 is 0 Å². The Labute approximate surface area is 114 Å². The van der Waals surface area contributed by atoms with E-state index in [1.54, 1.807) is 11.3 Å². The van der Waals surface area contributed by atoms with E-state index in [1.165, 1.54) is 31.2 Å². The van der Waals surface area contributed by atoms with Crippen LogP contribution in [-0.4, -0.2) is 9.65 Å². The highest BCUT2D eigenvalue weighted by Crippen LogP contribution is 2.21. The molecule has 1 aromatic rings. The molecule has 0 fully saturated rings. The lowest BCUT2D eigenvalue weighted by molar-refractivity contribution is 0.640. The summed E-state index contributed by atoms with van der Waals surface area (Å²) in [4.78, 5) is 1.33. The minimum Gasteiger partial charge on any atom is -0.152 e. The van der Waals surface area contributed by atoms with Crippen molar-refractivity contribution in [3.63, 3.8) is 0 Å². The molecular formula is C12H18Br2S. The van der Waals surface area contributed by atoms with Crippen LogP contribution < -0.4 is 0 Å². The summed E-state index contributed by atoms with van der Waals surface area (Å²) in [6.07, 6.45) is 6.25. The number of alkyl halides is 2. The highest BCUT2D eigenvalue weighted by atomic mass is 79.9. The first kappa shape index (κ1) is 13.7. The van der Waals surface area contributed by atoms with Crippen LogP contribution in [0.2, 0.25) is 0 Å². The smallest absolute Gasteiger partial charge is 0.0186 e. The van der Waals surface area contributed by atoms with Gasteiger partial charge in [-0.3, -0.25) is 0 Å². The van der Waals surface area contributed by atoms with Gasteiger partial charge in [-0.05, 0) is 48.1 Å². The highest BCUT2D eigenvalue weighted by Gasteiger charge is 2.09. The van der Waals surface area contributed by atoms with Crippen LogP contribution in [-0.2, 0) is 6.42 Å². The SMILES string of the molecule is CCCC(Br)CCC(Br)Cc1ccsc1. The summed E-state index contributed by atoms with van der Waals surface area (Å²) in [5.41, 5.74) is 1.46. The fourth-order valence-corrected chi connectivity index (χ4v) is 3.63. The van der Waals surface area contributed by atoms with E-state index in [2.05, 4.69) is 55.6 Å². The molecule has 1 aromatic heterocycles. The average Bonchev–Trinajstić information content (AvgIpc) is 2.68. The lowest BCUT2D eigenvalue weighted by Crippen LogP contribution is -2.06. The van der Waals surface area contributed by atoms with E-state index in [1.807, 2.05) is 0 Å². The Morgan fingerprint density at radius 2 is 1.93 bits per heavy atom. The summed E-state index contributed by atoms with van der Waals surface area (Å²) in [6, 6.07) is 2.22. The van der Waals surface area contributed by atoms with E-state index < -0.39 is 0 Å². The Balaban J connectivity index is 2.16. The van der Waals surface area contributed by atoms with Gasteiger partial charge in [0.05, 0.1) is 0 Å². The first-order valence-corrected chi connectivity index (χ1v) is 8.29. The van der Waals surface area contributed by atoms with Crippen LogP contribution in [0, 0.1) is 0 Å². The standard InChI is InChI=1S/C12H18Br2S/c1-2-3-11(13)4-5-12(14)8-10-6-7-15-9-10/h6-7,9,11-12H,2-5,8H2,1H3. The molecule has 3 heteroatoms. The number of hydrogen-bond donors (Lipinski definition) is 0. The van der Waals surface area contributed by atoms with Crippen molar-refractivity contribution < 1.29 is 0 Å². The molecule has 0 aliphatic rings. The van der Waals surface area contributed by atoms with Gasteiger partial charge in [0.1, 0.15) is 0 Å². The Morgan fingerprint density at radius 1 is 1.20 bits per heavy atom. The van der Waals surface area contributed by atoms with Gasteiger partial charge in [0.15, 0.2) is 0 Å². The summed E-state index contributed by atoms with van der Waals surface area (Å²) in [5.74, 6) is 0. The molecule has 2 atom stereocenters. The van der Waals surface area contributed by atoms with Crippen LogP contribution in [0.1, 0.15) is 38.2 Å². The number of hydrogen-bond acceptors (Lipinski definition) is 1. The predicted molar refractivity (Wildman–Crippen MR) is 77.6 cm³/mol. The number of thiophene rings is 1. The third-order valence-electron chi connectivity index (χ3n) is 2.43. The molecule has 0 bridgehead atoms. The summed E-state index contributed by atoms with van der Waals surface area (Å²) < 4.78 is 0. The zero-order valence-electron chi connectivity index (χ0n) is 9.09. The topological polar surface area (TPSA) is 0 Å². The molecule has 1 rings (SSSR count). The fraction of sp³-hybridized carbons (Fsp3) is 0.667. The van der Waals surface area contributed by atoms with Crippen molar-refractivity contribution in [2.45, 2.75) is 48.7 Å². The summed E-state index contributed by atoms with van der Waals surface area (Å²) in [5, 5.41) is 4.39. The van der Waals surface area contributed by atoms with E-state index in [4.69, 9.17) is 0 Å². The molecule has 0 saturated carbocycles. The Kier molecular flexibility index (Phi) is 7.19. The molecule has 15 heavy (non-hydrogen) atoms. The summed E-state index contributed by atoms with van der Waals surface area (Å²) in [6.45, 7) is 2.24. The summed E-state index contributed by atoms with van der Waals surface area (Å²) in [7, 11) is 0. The first-order chi connectivity index (χ1) is 7.22. The Morgan fingerprint density at radius 3 is 2.53 bits per heavy atom. The van der Waals surface area contributed by atoms with Crippen molar-refractivity contribution in [1.82, 2.24) is 0 Å². The molecule has 0 N–H and O–H groups in total. The zero-order chi connectivity index (χ0) is 11.1. The van der Waals surface area contributed by atoms with Crippen molar-refractivity contribution in [2.24, 2.45) is 0 Å². The van der Waals surface area contributed by atoms with Crippen LogP contribution in [0.3, 0.4) is 0 Å². The van der Waals surface area contributed by atoms with Crippen molar-refractivity contribution in [3.05, 3.63) is 22.4 Å². The fourth-order valence-electron chi connectivity index (χ4n) is 1.59. The van der Waals surface area contributed by atoms with E-state index in [0.29, 0.717) is 9.65 Å². The minimum atomic E-state index is 0.629. The van der Waals surface area contributed by atoms with Crippen molar-refractivity contribution in [3.8, 4) is 0 Å². The number of halogens is 2. The van der Waals surface area contributed by atoms with Crippen LogP contribution in [0.4, 0.5) is 0 Å². The second-order valence-electron chi connectivity index (χ2n) is 3.90. The summed E-state index contributed by atoms with van der Waals surface area (Å²) >= 11 is 9.27. The zero-order valence-corrected chi connectivity index (χ0v) is 13.1. The van der Waals surface area contributed by atoms with Crippen molar-refractivity contribution >= 4 is 43.2 Å². The van der Waals surface area contributed by atoms with Crippen LogP contribution in [0.5, 0.6) is 0 Å². The minimum absolute atomic E-state index is 0.629. The molecule has 86 valence electrons. The Hall–Kier alpha value is 0.660. The van der Waals surface area contributed by atoms with Crippen molar-refractivity contribution in [1.29, 1.82) is 0 Å². The third-order valence-corrected chi connectivity index (χ3v) is 4.86. The van der Waals surface area contributed by atoms with Gasteiger partial charge >= 0.3 is 0 Å². The maximum Gasteiger partial charge on any atom is 0.0186 e. The second kappa shape index (κ2) is 7.86. The number of rotatable bonds is 7. The maximum absolute atomic E-state index is 3.76. The van der Waals surface area contributed by atoms with Gasteiger partial charge in [-0.25, -0.2) is 0 Å². The van der Waals surface area contributed by atoms with Crippen LogP contribution >= 0.6 is 43.2 Å². The molecule has 0 nitrogen and oxygen atoms in total. The third kappa shape index (κ3) is 6.08. The Bertz CT molecular complexity index is 246. The molecule has 1 heterocycles. The quantitative estimate of drug-likeness (QED) is 0.576. The molecule has 0 aliphatic carbocycles. The van der Waals surface area contributed by atoms with Crippen LogP contribution in [0.25, 0.3) is 0 Å².